The van der Waals surface area contributed by atoms with Crippen LogP contribution in [0.1, 0.15) is 46.5 Å². The van der Waals surface area contributed by atoms with Gasteiger partial charge in [0.2, 0.25) is 0 Å². The molecule has 0 saturated carbocycles. The minimum atomic E-state index is -1.29. The smallest absolute Gasteiger partial charge is 0.323 e. The molecular weight excluding hydrogens is 239 g/mol. The summed E-state index contributed by atoms with van der Waals surface area (Å²) in [6.45, 7) is 4.66. The monoisotopic (exact) mass is 262 g/mol. The van der Waals surface area contributed by atoms with Gasteiger partial charge in [0.05, 0.1) is 6.61 Å². The third kappa shape index (κ3) is 4.27. The van der Waals surface area contributed by atoms with Gasteiger partial charge in [-0.25, -0.2) is 4.39 Å². The zero-order valence-electron chi connectivity index (χ0n) is 11.5. The van der Waals surface area contributed by atoms with Crippen molar-refractivity contribution in [2.75, 3.05) is 19.9 Å². The summed E-state index contributed by atoms with van der Waals surface area (Å²) in [5, 5.41) is 0. The van der Waals surface area contributed by atoms with Gasteiger partial charge in [0.25, 0.3) is 0 Å². The van der Waals surface area contributed by atoms with E-state index in [4.69, 9.17) is 9.47 Å². The molecule has 0 spiro atoms. The molecule has 4 nitrogen and oxygen atoms in total. The van der Waals surface area contributed by atoms with Gasteiger partial charge in [-0.2, -0.15) is 0 Å². The third-order valence-electron chi connectivity index (χ3n) is 3.03. The molecule has 5 heteroatoms. The van der Waals surface area contributed by atoms with E-state index in [9.17, 15) is 14.0 Å². The maximum atomic E-state index is 12.0. The van der Waals surface area contributed by atoms with E-state index in [0.717, 1.165) is 12.8 Å². The number of halogens is 1. The summed E-state index contributed by atoms with van der Waals surface area (Å²) in [6, 6.07) is 0. The predicted octanol–water partition coefficient (Wildman–Crippen LogP) is 2.65. The van der Waals surface area contributed by atoms with E-state index in [0.29, 0.717) is 19.4 Å². The molecule has 0 unspecified atom stereocenters. The van der Waals surface area contributed by atoms with E-state index in [1.165, 1.54) is 0 Å². The molecule has 0 aliphatic carbocycles. The van der Waals surface area contributed by atoms with Gasteiger partial charge in [0, 0.05) is 0 Å². The highest BCUT2D eigenvalue weighted by Crippen LogP contribution is 2.30. The van der Waals surface area contributed by atoms with Crippen molar-refractivity contribution in [3.05, 3.63) is 0 Å². The molecule has 0 aromatic heterocycles. The Bertz CT molecular complexity index is 262. The molecule has 106 valence electrons. The molecule has 0 radical (unpaired) electrons. The zero-order valence-corrected chi connectivity index (χ0v) is 11.5. The number of esters is 2. The van der Waals surface area contributed by atoms with E-state index in [1.807, 2.05) is 6.92 Å². The lowest BCUT2D eigenvalue weighted by atomic mass is 9.82. The molecule has 0 rings (SSSR count). The molecule has 0 bridgehead atoms. The summed E-state index contributed by atoms with van der Waals surface area (Å²) < 4.78 is 21.9. The Kier molecular flexibility index (Phi) is 8.33. The van der Waals surface area contributed by atoms with Crippen LogP contribution in [0, 0.1) is 5.41 Å². The van der Waals surface area contributed by atoms with Crippen LogP contribution in [-0.2, 0) is 19.1 Å². The molecule has 0 heterocycles. The summed E-state index contributed by atoms with van der Waals surface area (Å²) in [4.78, 5) is 23.9. The lowest BCUT2D eigenvalue weighted by Crippen LogP contribution is -2.41. The van der Waals surface area contributed by atoms with Crippen LogP contribution in [0.15, 0.2) is 0 Å². The molecule has 0 aromatic rings. The Hall–Kier alpha value is -1.13. The minimum absolute atomic E-state index is 0.291. The number of unbranched alkanes of at least 4 members (excludes halogenated alkanes) is 1. The van der Waals surface area contributed by atoms with Crippen molar-refractivity contribution in [2.45, 2.75) is 46.5 Å². The summed E-state index contributed by atoms with van der Waals surface area (Å²) in [7, 11) is 0. The van der Waals surface area contributed by atoms with E-state index in [-0.39, 0.29) is 6.61 Å². The Morgan fingerprint density at radius 1 is 1.00 bits per heavy atom. The van der Waals surface area contributed by atoms with Gasteiger partial charge in [-0.3, -0.25) is 9.59 Å². The van der Waals surface area contributed by atoms with Gasteiger partial charge in [0.1, 0.15) is 13.3 Å². The fraction of sp³-hybridized carbons (Fsp3) is 0.846. The second kappa shape index (κ2) is 8.89. The van der Waals surface area contributed by atoms with E-state index >= 15 is 0 Å². The molecule has 0 aromatic carbocycles. The van der Waals surface area contributed by atoms with Gasteiger partial charge in [-0.05, 0) is 19.3 Å². The first kappa shape index (κ1) is 16.9. The number of rotatable bonds is 9. The SMILES string of the molecule is CCCCOC(=O)C(CC)(CC)C(=O)OCCF. The normalized spacial score (nSPS) is 11.1. The highest BCUT2D eigenvalue weighted by molar-refractivity contribution is 5.99. The number of carbonyl (C=O) groups excluding carboxylic acids is 2. The second-order valence-electron chi connectivity index (χ2n) is 4.10. The zero-order chi connectivity index (χ0) is 14.0. The van der Waals surface area contributed by atoms with Crippen molar-refractivity contribution < 1.29 is 23.5 Å². The van der Waals surface area contributed by atoms with Crippen LogP contribution in [0.2, 0.25) is 0 Å². The van der Waals surface area contributed by atoms with Crippen LogP contribution in [0.4, 0.5) is 4.39 Å². The number of hydrogen-bond donors (Lipinski definition) is 0. The fourth-order valence-corrected chi connectivity index (χ4v) is 1.63. The summed E-state index contributed by atoms with van der Waals surface area (Å²) >= 11 is 0. The largest absolute Gasteiger partial charge is 0.465 e. The van der Waals surface area contributed by atoms with Crippen LogP contribution in [-0.4, -0.2) is 31.8 Å². The summed E-state index contributed by atoms with van der Waals surface area (Å²) in [5.74, 6) is -1.25. The quantitative estimate of drug-likeness (QED) is 0.364. The van der Waals surface area contributed by atoms with Gasteiger partial charge in [-0.15, -0.1) is 0 Å². The van der Waals surface area contributed by atoms with Crippen LogP contribution in [0.25, 0.3) is 0 Å². The molecule has 0 saturated heterocycles. The molecule has 0 atom stereocenters. The molecule has 0 aliphatic rings. The number of carbonyl (C=O) groups is 2. The van der Waals surface area contributed by atoms with Crippen molar-refractivity contribution in [3.8, 4) is 0 Å². The highest BCUT2D eigenvalue weighted by atomic mass is 19.1. The Labute approximate surface area is 108 Å². The van der Waals surface area contributed by atoms with Crippen molar-refractivity contribution in [1.29, 1.82) is 0 Å². The minimum Gasteiger partial charge on any atom is -0.465 e. The first-order valence-corrected chi connectivity index (χ1v) is 6.49. The average Bonchev–Trinajstić information content (AvgIpc) is 2.38. The highest BCUT2D eigenvalue weighted by Gasteiger charge is 2.45. The van der Waals surface area contributed by atoms with Crippen LogP contribution < -0.4 is 0 Å². The van der Waals surface area contributed by atoms with Gasteiger partial charge >= 0.3 is 11.9 Å². The number of ether oxygens (including phenoxy) is 2. The number of alkyl halides is 1. The topological polar surface area (TPSA) is 52.6 Å². The maximum absolute atomic E-state index is 12.0. The van der Waals surface area contributed by atoms with Gasteiger partial charge in [-0.1, -0.05) is 27.2 Å². The first-order valence-electron chi connectivity index (χ1n) is 6.49. The molecule has 18 heavy (non-hydrogen) atoms. The van der Waals surface area contributed by atoms with E-state index in [1.54, 1.807) is 13.8 Å². The molecular formula is C13H23FO4. The maximum Gasteiger partial charge on any atom is 0.323 e. The van der Waals surface area contributed by atoms with Crippen molar-refractivity contribution in [3.63, 3.8) is 0 Å². The van der Waals surface area contributed by atoms with Crippen LogP contribution in [0.3, 0.4) is 0 Å². The lowest BCUT2D eigenvalue weighted by molar-refractivity contribution is -0.173. The summed E-state index contributed by atoms with van der Waals surface area (Å²) in [5.41, 5.74) is -1.29. The van der Waals surface area contributed by atoms with E-state index in [2.05, 4.69) is 0 Å². The summed E-state index contributed by atoms with van der Waals surface area (Å²) in [6.07, 6.45) is 2.25. The third-order valence-corrected chi connectivity index (χ3v) is 3.03. The lowest BCUT2D eigenvalue weighted by Gasteiger charge is -2.26. The standard InChI is InChI=1S/C13H23FO4/c1-4-7-9-17-11(15)13(5-2,6-3)12(16)18-10-8-14/h4-10H2,1-3H3. The first-order chi connectivity index (χ1) is 8.58. The average molecular weight is 262 g/mol. The Balaban J connectivity index is 4.67. The fourth-order valence-electron chi connectivity index (χ4n) is 1.63. The Morgan fingerprint density at radius 2 is 1.50 bits per heavy atom. The molecule has 0 amide bonds. The van der Waals surface area contributed by atoms with Crippen molar-refractivity contribution >= 4 is 11.9 Å². The molecule has 0 aliphatic heterocycles. The molecule has 0 fully saturated rings. The van der Waals surface area contributed by atoms with Gasteiger partial charge in [0.15, 0.2) is 5.41 Å². The van der Waals surface area contributed by atoms with Crippen molar-refractivity contribution in [1.82, 2.24) is 0 Å². The Morgan fingerprint density at radius 3 is 1.89 bits per heavy atom. The van der Waals surface area contributed by atoms with Gasteiger partial charge < -0.3 is 9.47 Å². The van der Waals surface area contributed by atoms with E-state index < -0.39 is 24.0 Å². The second-order valence-corrected chi connectivity index (χ2v) is 4.10. The van der Waals surface area contributed by atoms with Crippen molar-refractivity contribution in [2.24, 2.45) is 5.41 Å². The molecule has 0 N–H and O–H groups in total. The predicted molar refractivity (Wildman–Crippen MR) is 65.8 cm³/mol. The number of hydrogen-bond acceptors (Lipinski definition) is 4. The van der Waals surface area contributed by atoms with Crippen LogP contribution in [0.5, 0.6) is 0 Å². The van der Waals surface area contributed by atoms with Crippen LogP contribution >= 0.6 is 0 Å².